The SMILES string of the molecule is CC1CCC(NC(=O)Nc2cc(-c3ccccc3F)on2)CS1(=O)=O. The summed E-state index contributed by atoms with van der Waals surface area (Å²) in [6.45, 7) is 1.67. The van der Waals surface area contributed by atoms with E-state index in [0.29, 0.717) is 12.8 Å². The Morgan fingerprint density at radius 1 is 1.32 bits per heavy atom. The lowest BCUT2D eigenvalue weighted by Crippen LogP contribution is -2.47. The number of rotatable bonds is 3. The highest BCUT2D eigenvalue weighted by atomic mass is 32.2. The van der Waals surface area contributed by atoms with Gasteiger partial charge in [-0.25, -0.2) is 17.6 Å². The number of hydrogen-bond donors (Lipinski definition) is 2. The van der Waals surface area contributed by atoms with Gasteiger partial charge in [-0.2, -0.15) is 0 Å². The lowest BCUT2D eigenvalue weighted by atomic mass is 10.1. The standard InChI is InChI=1S/C16H18FN3O4S/c1-10-6-7-11(9-25(10,22)23)18-16(21)19-15-8-14(24-20-15)12-4-2-3-5-13(12)17/h2-5,8,10-11H,6-7,9H2,1H3,(H2,18,19,20,21). The van der Waals surface area contributed by atoms with Crippen LogP contribution in [0.5, 0.6) is 0 Å². The summed E-state index contributed by atoms with van der Waals surface area (Å²) in [6, 6.07) is 6.42. The second kappa shape index (κ2) is 6.83. The second-order valence-electron chi connectivity index (χ2n) is 6.07. The fourth-order valence-corrected chi connectivity index (χ4v) is 4.35. The number of carbonyl (C=O) groups excluding carboxylic acids is 1. The van der Waals surface area contributed by atoms with Gasteiger partial charge in [0.25, 0.3) is 0 Å². The summed E-state index contributed by atoms with van der Waals surface area (Å²) in [4.78, 5) is 12.0. The van der Waals surface area contributed by atoms with Gasteiger partial charge in [0.05, 0.1) is 16.6 Å². The maximum atomic E-state index is 13.7. The first kappa shape index (κ1) is 17.4. The Balaban J connectivity index is 1.62. The predicted octanol–water partition coefficient (Wildman–Crippen LogP) is 2.57. The lowest BCUT2D eigenvalue weighted by Gasteiger charge is -2.26. The van der Waals surface area contributed by atoms with Gasteiger partial charge in [0.2, 0.25) is 0 Å². The molecule has 0 spiro atoms. The van der Waals surface area contributed by atoms with E-state index in [0.717, 1.165) is 0 Å². The monoisotopic (exact) mass is 367 g/mol. The van der Waals surface area contributed by atoms with Crippen LogP contribution in [0, 0.1) is 5.82 Å². The maximum absolute atomic E-state index is 13.7. The van der Waals surface area contributed by atoms with Crippen molar-refractivity contribution in [3.63, 3.8) is 0 Å². The topological polar surface area (TPSA) is 101 Å². The molecule has 25 heavy (non-hydrogen) atoms. The molecule has 2 N–H and O–H groups in total. The molecule has 2 amide bonds. The average Bonchev–Trinajstić information content (AvgIpc) is 2.99. The van der Waals surface area contributed by atoms with Crippen LogP contribution >= 0.6 is 0 Å². The Hall–Kier alpha value is -2.42. The van der Waals surface area contributed by atoms with Gasteiger partial charge in [0, 0.05) is 12.1 Å². The van der Waals surface area contributed by atoms with E-state index in [1.807, 2.05) is 0 Å². The van der Waals surface area contributed by atoms with Gasteiger partial charge >= 0.3 is 6.03 Å². The van der Waals surface area contributed by atoms with Crippen molar-refractivity contribution in [3.8, 4) is 11.3 Å². The fraction of sp³-hybridized carbons (Fsp3) is 0.375. The molecular weight excluding hydrogens is 349 g/mol. The third-order valence-corrected chi connectivity index (χ3v) is 6.52. The summed E-state index contributed by atoms with van der Waals surface area (Å²) in [7, 11) is -3.18. The number of benzene rings is 1. The van der Waals surface area contributed by atoms with Crippen LogP contribution in [-0.4, -0.2) is 36.7 Å². The van der Waals surface area contributed by atoms with Gasteiger partial charge in [0.1, 0.15) is 5.82 Å². The summed E-state index contributed by atoms with van der Waals surface area (Å²) in [5.41, 5.74) is 0.232. The summed E-state index contributed by atoms with van der Waals surface area (Å²) in [5, 5.41) is 8.38. The lowest BCUT2D eigenvalue weighted by molar-refractivity contribution is 0.248. The van der Waals surface area contributed by atoms with Gasteiger partial charge < -0.3 is 9.84 Å². The molecule has 2 atom stereocenters. The molecule has 2 unspecified atom stereocenters. The number of carbonyl (C=O) groups is 1. The Kier molecular flexibility index (Phi) is 4.76. The van der Waals surface area contributed by atoms with E-state index in [1.165, 1.54) is 18.2 Å². The van der Waals surface area contributed by atoms with Gasteiger partial charge in [-0.05, 0) is 31.9 Å². The third kappa shape index (κ3) is 3.98. The van der Waals surface area contributed by atoms with Crippen molar-refractivity contribution in [1.82, 2.24) is 10.5 Å². The number of urea groups is 1. The minimum absolute atomic E-state index is 0.0825. The fourth-order valence-electron chi connectivity index (χ4n) is 2.72. The van der Waals surface area contributed by atoms with E-state index < -0.39 is 27.7 Å². The van der Waals surface area contributed by atoms with Crippen molar-refractivity contribution in [2.45, 2.75) is 31.1 Å². The van der Waals surface area contributed by atoms with Crippen molar-refractivity contribution >= 4 is 21.7 Å². The number of nitrogens with zero attached hydrogens (tertiary/aromatic N) is 1. The van der Waals surface area contributed by atoms with Gasteiger partial charge in [-0.15, -0.1) is 0 Å². The summed E-state index contributed by atoms with van der Waals surface area (Å²) < 4.78 is 42.5. The van der Waals surface area contributed by atoms with Crippen LogP contribution in [0.1, 0.15) is 19.8 Å². The number of sulfone groups is 1. The predicted molar refractivity (Wildman–Crippen MR) is 90.3 cm³/mol. The number of amides is 2. The minimum Gasteiger partial charge on any atom is -0.354 e. The van der Waals surface area contributed by atoms with E-state index in [1.54, 1.807) is 19.1 Å². The smallest absolute Gasteiger partial charge is 0.320 e. The Bertz CT molecular complexity index is 881. The highest BCUT2D eigenvalue weighted by molar-refractivity contribution is 7.92. The molecule has 9 heteroatoms. The first-order valence-corrected chi connectivity index (χ1v) is 9.57. The molecule has 2 aromatic rings. The number of halogens is 1. The molecule has 1 aromatic carbocycles. The zero-order chi connectivity index (χ0) is 18.0. The largest absolute Gasteiger partial charge is 0.354 e. The summed E-state index contributed by atoms with van der Waals surface area (Å²) >= 11 is 0. The first-order valence-electron chi connectivity index (χ1n) is 7.86. The quantitative estimate of drug-likeness (QED) is 0.868. The zero-order valence-corrected chi connectivity index (χ0v) is 14.3. The van der Waals surface area contributed by atoms with Crippen molar-refractivity contribution in [1.29, 1.82) is 0 Å². The molecule has 1 aromatic heterocycles. The van der Waals surface area contributed by atoms with Gasteiger partial charge in [0.15, 0.2) is 21.4 Å². The van der Waals surface area contributed by atoms with E-state index in [9.17, 15) is 17.6 Å². The van der Waals surface area contributed by atoms with Crippen molar-refractivity contribution in [2.75, 3.05) is 11.1 Å². The molecule has 3 rings (SSSR count). The Labute approximate surface area is 144 Å². The van der Waals surface area contributed by atoms with E-state index in [4.69, 9.17) is 4.52 Å². The number of nitrogens with one attached hydrogen (secondary N) is 2. The molecule has 1 fully saturated rings. The van der Waals surface area contributed by atoms with Crippen LogP contribution in [0.3, 0.4) is 0 Å². The first-order chi connectivity index (χ1) is 11.8. The van der Waals surface area contributed by atoms with Crippen molar-refractivity contribution in [3.05, 3.63) is 36.1 Å². The van der Waals surface area contributed by atoms with E-state index in [-0.39, 0.29) is 28.1 Å². The molecule has 7 nitrogen and oxygen atoms in total. The van der Waals surface area contributed by atoms with Crippen molar-refractivity contribution in [2.24, 2.45) is 0 Å². The Morgan fingerprint density at radius 3 is 2.80 bits per heavy atom. The number of hydrogen-bond acceptors (Lipinski definition) is 5. The molecule has 1 aliphatic rings. The van der Waals surface area contributed by atoms with Crippen LogP contribution in [0.4, 0.5) is 15.0 Å². The number of anilines is 1. The second-order valence-corrected chi connectivity index (χ2v) is 8.53. The molecule has 2 heterocycles. The molecule has 1 aliphatic heterocycles. The molecule has 134 valence electrons. The molecule has 0 aliphatic carbocycles. The number of aromatic nitrogens is 1. The Morgan fingerprint density at radius 2 is 2.08 bits per heavy atom. The molecule has 0 bridgehead atoms. The van der Waals surface area contributed by atoms with E-state index in [2.05, 4.69) is 15.8 Å². The normalized spacial score (nSPS) is 22.3. The molecule has 0 radical (unpaired) electrons. The highest BCUT2D eigenvalue weighted by Crippen LogP contribution is 2.25. The van der Waals surface area contributed by atoms with Crippen LogP contribution in [-0.2, 0) is 9.84 Å². The van der Waals surface area contributed by atoms with Gasteiger partial charge in [-0.3, -0.25) is 5.32 Å². The molecular formula is C16H18FN3O4S. The molecule has 0 saturated carbocycles. The van der Waals surface area contributed by atoms with E-state index >= 15 is 0 Å². The summed E-state index contributed by atoms with van der Waals surface area (Å²) in [5.74, 6) is -0.248. The summed E-state index contributed by atoms with van der Waals surface area (Å²) in [6.07, 6.45) is 1.10. The zero-order valence-electron chi connectivity index (χ0n) is 13.5. The van der Waals surface area contributed by atoms with Crippen molar-refractivity contribution < 1.29 is 22.1 Å². The van der Waals surface area contributed by atoms with Crippen LogP contribution in [0.25, 0.3) is 11.3 Å². The van der Waals surface area contributed by atoms with Crippen LogP contribution in [0.15, 0.2) is 34.9 Å². The molecule has 1 saturated heterocycles. The van der Waals surface area contributed by atoms with Gasteiger partial charge in [-0.1, -0.05) is 17.3 Å². The third-order valence-electron chi connectivity index (χ3n) is 4.19. The van der Waals surface area contributed by atoms with Crippen LogP contribution in [0.2, 0.25) is 0 Å². The minimum atomic E-state index is -3.18. The maximum Gasteiger partial charge on any atom is 0.320 e. The average molecular weight is 367 g/mol. The van der Waals surface area contributed by atoms with Crippen LogP contribution < -0.4 is 10.6 Å². The highest BCUT2D eigenvalue weighted by Gasteiger charge is 2.32.